The third kappa shape index (κ3) is 3.62. The SMILES string of the molecule is CC1CCC(OCC2=CCNCC2)CC1. The molecular formula is C13H23NO. The van der Waals surface area contributed by atoms with E-state index in [4.69, 9.17) is 4.74 Å². The summed E-state index contributed by atoms with van der Waals surface area (Å²) in [5.74, 6) is 0.919. The van der Waals surface area contributed by atoms with Crippen LogP contribution in [0.1, 0.15) is 39.0 Å². The van der Waals surface area contributed by atoms with Gasteiger partial charge in [0, 0.05) is 6.54 Å². The average molecular weight is 209 g/mol. The minimum atomic E-state index is 0.539. The lowest BCUT2D eigenvalue weighted by molar-refractivity contribution is 0.0318. The van der Waals surface area contributed by atoms with Crippen molar-refractivity contribution in [2.75, 3.05) is 19.7 Å². The Morgan fingerprint density at radius 3 is 2.80 bits per heavy atom. The van der Waals surface area contributed by atoms with E-state index in [2.05, 4.69) is 18.3 Å². The predicted molar refractivity (Wildman–Crippen MR) is 62.9 cm³/mol. The highest BCUT2D eigenvalue weighted by molar-refractivity contribution is 5.07. The average Bonchev–Trinajstić information content (AvgIpc) is 2.30. The lowest BCUT2D eigenvalue weighted by Gasteiger charge is -2.27. The summed E-state index contributed by atoms with van der Waals surface area (Å²) in [5.41, 5.74) is 1.49. The van der Waals surface area contributed by atoms with Gasteiger partial charge < -0.3 is 10.1 Å². The molecule has 86 valence electrons. The van der Waals surface area contributed by atoms with E-state index >= 15 is 0 Å². The summed E-state index contributed by atoms with van der Waals surface area (Å²) < 4.78 is 5.97. The lowest BCUT2D eigenvalue weighted by atomic mass is 9.89. The Balaban J connectivity index is 1.67. The zero-order valence-electron chi connectivity index (χ0n) is 9.80. The Bertz CT molecular complexity index is 217. The first-order valence-electron chi connectivity index (χ1n) is 6.35. The van der Waals surface area contributed by atoms with Crippen LogP contribution in [0.2, 0.25) is 0 Å². The van der Waals surface area contributed by atoms with Crippen molar-refractivity contribution >= 4 is 0 Å². The molecule has 2 aliphatic rings. The zero-order chi connectivity index (χ0) is 10.5. The van der Waals surface area contributed by atoms with Crippen LogP contribution in [0.25, 0.3) is 0 Å². The summed E-state index contributed by atoms with van der Waals surface area (Å²) in [7, 11) is 0. The van der Waals surface area contributed by atoms with Gasteiger partial charge in [-0.15, -0.1) is 0 Å². The molecule has 1 fully saturated rings. The van der Waals surface area contributed by atoms with Gasteiger partial charge in [-0.2, -0.15) is 0 Å². The second-order valence-corrected chi connectivity index (χ2v) is 5.01. The van der Waals surface area contributed by atoms with E-state index in [1.165, 1.54) is 37.7 Å². The van der Waals surface area contributed by atoms with Gasteiger partial charge in [0.15, 0.2) is 0 Å². The molecule has 0 aromatic heterocycles. The predicted octanol–water partition coefficient (Wildman–Crippen LogP) is 2.50. The molecule has 2 rings (SSSR count). The van der Waals surface area contributed by atoms with Gasteiger partial charge in [-0.25, -0.2) is 0 Å². The fourth-order valence-electron chi connectivity index (χ4n) is 2.42. The van der Waals surface area contributed by atoms with E-state index in [0.717, 1.165) is 25.6 Å². The Morgan fingerprint density at radius 1 is 1.33 bits per heavy atom. The van der Waals surface area contributed by atoms with Crippen LogP contribution in [0.5, 0.6) is 0 Å². The maximum absolute atomic E-state index is 5.97. The van der Waals surface area contributed by atoms with E-state index in [-0.39, 0.29) is 0 Å². The van der Waals surface area contributed by atoms with Crippen molar-refractivity contribution in [1.29, 1.82) is 0 Å². The van der Waals surface area contributed by atoms with Crippen molar-refractivity contribution in [3.05, 3.63) is 11.6 Å². The quantitative estimate of drug-likeness (QED) is 0.721. The summed E-state index contributed by atoms with van der Waals surface area (Å²) in [4.78, 5) is 0. The first-order valence-corrected chi connectivity index (χ1v) is 6.35. The topological polar surface area (TPSA) is 21.3 Å². The fourth-order valence-corrected chi connectivity index (χ4v) is 2.42. The van der Waals surface area contributed by atoms with Crippen molar-refractivity contribution in [1.82, 2.24) is 5.32 Å². The van der Waals surface area contributed by atoms with Crippen LogP contribution in [0.15, 0.2) is 11.6 Å². The Labute approximate surface area is 93.1 Å². The van der Waals surface area contributed by atoms with Gasteiger partial charge in [0.05, 0.1) is 12.7 Å². The van der Waals surface area contributed by atoms with Crippen molar-refractivity contribution in [3.8, 4) is 0 Å². The first kappa shape index (κ1) is 11.2. The Hall–Kier alpha value is -0.340. The molecule has 1 aliphatic carbocycles. The summed E-state index contributed by atoms with van der Waals surface area (Å²) >= 11 is 0. The highest BCUT2D eigenvalue weighted by Crippen LogP contribution is 2.26. The lowest BCUT2D eigenvalue weighted by Crippen LogP contribution is -2.25. The molecule has 0 saturated heterocycles. The van der Waals surface area contributed by atoms with Gasteiger partial charge in [0.1, 0.15) is 0 Å². The minimum Gasteiger partial charge on any atom is -0.374 e. The molecule has 0 aromatic rings. The molecule has 0 amide bonds. The van der Waals surface area contributed by atoms with Crippen LogP contribution in [0, 0.1) is 5.92 Å². The van der Waals surface area contributed by atoms with Crippen molar-refractivity contribution < 1.29 is 4.74 Å². The molecule has 2 heteroatoms. The third-order valence-electron chi connectivity index (χ3n) is 3.63. The molecular weight excluding hydrogens is 186 g/mol. The van der Waals surface area contributed by atoms with Crippen LogP contribution in [-0.2, 0) is 4.74 Å². The molecule has 0 radical (unpaired) electrons. The van der Waals surface area contributed by atoms with Crippen LogP contribution in [-0.4, -0.2) is 25.8 Å². The van der Waals surface area contributed by atoms with E-state index in [9.17, 15) is 0 Å². The van der Waals surface area contributed by atoms with Gasteiger partial charge >= 0.3 is 0 Å². The first-order chi connectivity index (χ1) is 7.34. The molecule has 1 aliphatic heterocycles. The highest BCUT2D eigenvalue weighted by Gasteiger charge is 2.18. The summed E-state index contributed by atoms with van der Waals surface area (Å²) in [5, 5.41) is 3.33. The number of nitrogens with one attached hydrogen (secondary N) is 1. The van der Waals surface area contributed by atoms with Crippen LogP contribution >= 0.6 is 0 Å². The van der Waals surface area contributed by atoms with E-state index in [1.807, 2.05) is 0 Å². The molecule has 15 heavy (non-hydrogen) atoms. The van der Waals surface area contributed by atoms with Crippen molar-refractivity contribution in [2.24, 2.45) is 5.92 Å². The molecule has 1 saturated carbocycles. The standard InChI is InChI=1S/C13H23NO/c1-11-2-4-13(5-3-11)15-10-12-6-8-14-9-7-12/h6,11,13-14H,2-5,7-10H2,1H3. The highest BCUT2D eigenvalue weighted by atomic mass is 16.5. The maximum atomic E-state index is 5.97. The number of hydrogen-bond donors (Lipinski definition) is 1. The van der Waals surface area contributed by atoms with Crippen molar-refractivity contribution in [2.45, 2.75) is 45.1 Å². The minimum absolute atomic E-state index is 0.539. The van der Waals surface area contributed by atoms with Crippen LogP contribution in [0.4, 0.5) is 0 Å². The maximum Gasteiger partial charge on any atom is 0.0681 e. The molecule has 1 N–H and O–H groups in total. The summed E-state index contributed by atoms with van der Waals surface area (Å²) in [6.07, 6.45) is 9.24. The summed E-state index contributed by atoms with van der Waals surface area (Å²) in [6.45, 7) is 5.38. The molecule has 0 bridgehead atoms. The molecule has 0 spiro atoms. The second-order valence-electron chi connectivity index (χ2n) is 5.01. The van der Waals surface area contributed by atoms with Gasteiger partial charge in [-0.3, -0.25) is 0 Å². The molecule has 0 unspecified atom stereocenters. The molecule has 2 nitrogen and oxygen atoms in total. The molecule has 0 aromatic carbocycles. The smallest absolute Gasteiger partial charge is 0.0681 e. The van der Waals surface area contributed by atoms with Crippen LogP contribution < -0.4 is 5.32 Å². The zero-order valence-corrected chi connectivity index (χ0v) is 9.80. The monoisotopic (exact) mass is 209 g/mol. The molecule has 1 heterocycles. The number of rotatable bonds is 3. The Kier molecular flexibility index (Phi) is 4.21. The Morgan fingerprint density at radius 2 is 2.13 bits per heavy atom. The van der Waals surface area contributed by atoms with Gasteiger partial charge in [0.25, 0.3) is 0 Å². The normalized spacial score (nSPS) is 32.5. The third-order valence-corrected chi connectivity index (χ3v) is 3.63. The second kappa shape index (κ2) is 5.66. The molecule has 0 atom stereocenters. The number of hydrogen-bond acceptors (Lipinski definition) is 2. The van der Waals surface area contributed by atoms with Gasteiger partial charge in [0.2, 0.25) is 0 Å². The van der Waals surface area contributed by atoms with Crippen LogP contribution in [0.3, 0.4) is 0 Å². The van der Waals surface area contributed by atoms with Crippen molar-refractivity contribution in [3.63, 3.8) is 0 Å². The van der Waals surface area contributed by atoms with E-state index < -0.39 is 0 Å². The number of ether oxygens (including phenoxy) is 1. The summed E-state index contributed by atoms with van der Waals surface area (Å²) in [6, 6.07) is 0. The fraction of sp³-hybridized carbons (Fsp3) is 0.846. The van der Waals surface area contributed by atoms with Gasteiger partial charge in [-0.05, 0) is 50.1 Å². The van der Waals surface area contributed by atoms with Gasteiger partial charge in [-0.1, -0.05) is 13.0 Å². The largest absolute Gasteiger partial charge is 0.374 e. The van der Waals surface area contributed by atoms with E-state index in [1.54, 1.807) is 0 Å². The van der Waals surface area contributed by atoms with E-state index in [0.29, 0.717) is 6.10 Å².